The van der Waals surface area contributed by atoms with Gasteiger partial charge in [0.2, 0.25) is 5.91 Å². The SMILES string of the molecule is N#Cc1nc(SCC2=C(C(=O)O)N3C(=O)C(NC(=O)Cc4cccs4)[C@@H]3SC2)ncc1N. The number of nitrogens with zero attached hydrogens (tertiary/aromatic N) is 4. The highest BCUT2D eigenvalue weighted by Gasteiger charge is 2.54. The molecule has 2 amide bonds. The van der Waals surface area contributed by atoms with E-state index in [0.29, 0.717) is 11.3 Å². The summed E-state index contributed by atoms with van der Waals surface area (Å²) in [5.41, 5.74) is 6.30. The second kappa shape index (κ2) is 9.19. The Labute approximate surface area is 194 Å². The number of rotatable bonds is 7. The van der Waals surface area contributed by atoms with E-state index in [1.54, 1.807) is 0 Å². The van der Waals surface area contributed by atoms with Crippen molar-refractivity contribution in [2.75, 3.05) is 17.2 Å². The van der Waals surface area contributed by atoms with Crippen LogP contribution >= 0.6 is 34.9 Å². The molecule has 2 aliphatic heterocycles. The van der Waals surface area contributed by atoms with Gasteiger partial charge in [-0.05, 0) is 17.0 Å². The number of aromatic nitrogens is 2. The topological polar surface area (TPSA) is 162 Å². The molecule has 0 spiro atoms. The number of carboxylic acids is 1. The summed E-state index contributed by atoms with van der Waals surface area (Å²) in [7, 11) is 0. The summed E-state index contributed by atoms with van der Waals surface area (Å²) in [4.78, 5) is 47.2. The summed E-state index contributed by atoms with van der Waals surface area (Å²) in [6.07, 6.45) is 1.50. The molecule has 32 heavy (non-hydrogen) atoms. The van der Waals surface area contributed by atoms with Crippen LogP contribution in [0.4, 0.5) is 5.69 Å². The zero-order valence-electron chi connectivity index (χ0n) is 16.3. The molecule has 2 aliphatic rings. The van der Waals surface area contributed by atoms with Crippen molar-refractivity contribution >= 4 is 58.3 Å². The summed E-state index contributed by atoms with van der Waals surface area (Å²) in [6.45, 7) is 0. The van der Waals surface area contributed by atoms with E-state index >= 15 is 0 Å². The molecule has 2 atom stereocenters. The number of aliphatic carboxylic acids is 1. The molecule has 0 aliphatic carbocycles. The van der Waals surface area contributed by atoms with Crippen LogP contribution in [0.2, 0.25) is 0 Å². The Hall–Kier alpha value is -3.08. The van der Waals surface area contributed by atoms with E-state index in [0.717, 1.165) is 16.6 Å². The molecule has 1 saturated heterocycles. The van der Waals surface area contributed by atoms with Crippen molar-refractivity contribution in [2.24, 2.45) is 0 Å². The maximum absolute atomic E-state index is 12.7. The number of nitrogens with one attached hydrogen (secondary N) is 1. The fourth-order valence-corrected chi connectivity index (χ4v) is 6.28. The normalized spacial score (nSPS) is 19.7. The molecule has 2 aromatic heterocycles. The van der Waals surface area contributed by atoms with Crippen LogP contribution in [-0.4, -0.2) is 60.7 Å². The quantitative estimate of drug-likeness (QED) is 0.292. The van der Waals surface area contributed by atoms with Gasteiger partial charge in [0.25, 0.3) is 5.91 Å². The largest absolute Gasteiger partial charge is 0.477 e. The van der Waals surface area contributed by atoms with Crippen LogP contribution in [0.15, 0.2) is 40.1 Å². The number of carbonyl (C=O) groups excluding carboxylic acids is 2. The number of β-lactam (4-membered cyclic amide) rings is 1. The first-order chi connectivity index (χ1) is 15.4. The first kappa shape index (κ1) is 22.1. The maximum atomic E-state index is 12.7. The second-order valence-corrected chi connectivity index (χ2v) is 9.91. The number of fused-ring (bicyclic) bond motifs is 1. The number of thiophene rings is 1. The Balaban J connectivity index is 1.45. The Bertz CT molecular complexity index is 1160. The van der Waals surface area contributed by atoms with E-state index in [9.17, 15) is 19.5 Å². The van der Waals surface area contributed by atoms with Gasteiger partial charge >= 0.3 is 5.97 Å². The van der Waals surface area contributed by atoms with Gasteiger partial charge in [-0.3, -0.25) is 14.5 Å². The van der Waals surface area contributed by atoms with Crippen molar-refractivity contribution in [1.29, 1.82) is 5.26 Å². The number of nitrogen functional groups attached to an aromatic ring is 1. The monoisotopic (exact) mass is 488 g/mol. The lowest BCUT2D eigenvalue weighted by Gasteiger charge is -2.49. The number of nitrogens with two attached hydrogens (primary N) is 1. The molecule has 0 aromatic carbocycles. The molecule has 4 N–H and O–H groups in total. The highest BCUT2D eigenvalue weighted by Crippen LogP contribution is 2.41. The van der Waals surface area contributed by atoms with Gasteiger partial charge in [-0.1, -0.05) is 17.8 Å². The Kier molecular flexibility index (Phi) is 6.35. The first-order valence-corrected chi connectivity index (χ1v) is 12.2. The molecule has 13 heteroatoms. The fraction of sp³-hybridized carbons (Fsp3) is 0.263. The number of hydrogen-bond acceptors (Lipinski definition) is 10. The molecule has 0 radical (unpaired) electrons. The Morgan fingerprint density at radius 2 is 2.28 bits per heavy atom. The van der Waals surface area contributed by atoms with Crippen LogP contribution in [0.1, 0.15) is 10.6 Å². The van der Waals surface area contributed by atoms with Gasteiger partial charge in [-0.15, -0.1) is 23.1 Å². The van der Waals surface area contributed by atoms with Crippen LogP contribution in [0.3, 0.4) is 0 Å². The van der Waals surface area contributed by atoms with Gasteiger partial charge in [0.15, 0.2) is 10.9 Å². The predicted octanol–water partition coefficient (Wildman–Crippen LogP) is 1.07. The van der Waals surface area contributed by atoms with Crippen LogP contribution in [0.5, 0.6) is 0 Å². The Morgan fingerprint density at radius 3 is 2.97 bits per heavy atom. The number of thioether (sulfide) groups is 2. The lowest BCUT2D eigenvalue weighted by atomic mass is 10.0. The molecule has 2 aromatic rings. The summed E-state index contributed by atoms with van der Waals surface area (Å²) in [5, 5.41) is 23.2. The first-order valence-electron chi connectivity index (χ1n) is 9.26. The standard InChI is InChI=1S/C19H16N6O4S3/c20-5-12-11(21)6-22-19(23-12)32-8-9-7-31-17-14(16(27)25(17)15(9)18(28)29)24-13(26)4-10-2-1-3-30-10/h1-3,6,14,17H,4,7-8,21H2,(H,24,26)(H,28,29)/t14?,17-/m0/s1. The summed E-state index contributed by atoms with van der Waals surface area (Å²) < 4.78 is 0. The molecule has 164 valence electrons. The molecular weight excluding hydrogens is 472 g/mol. The number of hydrogen-bond donors (Lipinski definition) is 3. The fourth-order valence-electron chi connectivity index (χ4n) is 3.28. The molecule has 0 bridgehead atoms. The van der Waals surface area contributed by atoms with Crippen molar-refractivity contribution < 1.29 is 19.5 Å². The number of nitriles is 1. The van der Waals surface area contributed by atoms with E-state index in [2.05, 4.69) is 15.3 Å². The minimum atomic E-state index is -1.21. The van der Waals surface area contributed by atoms with Gasteiger partial charge in [-0.25, -0.2) is 14.8 Å². The number of carboxylic acid groups (broad SMARTS) is 1. The molecule has 4 rings (SSSR count). The summed E-state index contributed by atoms with van der Waals surface area (Å²) in [6, 6.07) is 4.81. The van der Waals surface area contributed by atoms with Gasteiger partial charge in [0.1, 0.15) is 23.2 Å². The van der Waals surface area contributed by atoms with Crippen molar-refractivity contribution in [3.05, 3.63) is 45.6 Å². The van der Waals surface area contributed by atoms with Crippen LogP contribution < -0.4 is 11.1 Å². The molecule has 1 unspecified atom stereocenters. The van der Waals surface area contributed by atoms with Crippen LogP contribution in [-0.2, 0) is 20.8 Å². The van der Waals surface area contributed by atoms with Gasteiger partial charge < -0.3 is 16.2 Å². The van der Waals surface area contributed by atoms with Crippen molar-refractivity contribution in [1.82, 2.24) is 20.2 Å². The molecule has 4 heterocycles. The molecular formula is C19H16N6O4S3. The van der Waals surface area contributed by atoms with Gasteiger partial charge in [-0.2, -0.15) is 5.26 Å². The zero-order valence-corrected chi connectivity index (χ0v) is 18.8. The lowest BCUT2D eigenvalue weighted by molar-refractivity contribution is -0.150. The average Bonchev–Trinajstić information content (AvgIpc) is 3.29. The number of anilines is 1. The van der Waals surface area contributed by atoms with E-state index in [1.807, 2.05) is 23.6 Å². The van der Waals surface area contributed by atoms with Crippen molar-refractivity contribution in [2.45, 2.75) is 23.0 Å². The lowest BCUT2D eigenvalue weighted by Crippen LogP contribution is -2.70. The average molecular weight is 489 g/mol. The summed E-state index contributed by atoms with van der Waals surface area (Å²) in [5.74, 6) is -1.33. The Morgan fingerprint density at radius 1 is 1.47 bits per heavy atom. The molecule has 0 saturated carbocycles. The molecule has 1 fully saturated rings. The smallest absolute Gasteiger partial charge is 0.352 e. The van der Waals surface area contributed by atoms with E-state index in [1.165, 1.54) is 34.2 Å². The highest BCUT2D eigenvalue weighted by atomic mass is 32.2. The van der Waals surface area contributed by atoms with Gasteiger partial charge in [0, 0.05) is 16.4 Å². The highest BCUT2D eigenvalue weighted by molar-refractivity contribution is 8.01. The number of carbonyl (C=O) groups is 3. The van der Waals surface area contributed by atoms with E-state index in [-0.39, 0.29) is 40.3 Å². The van der Waals surface area contributed by atoms with Crippen LogP contribution in [0.25, 0.3) is 0 Å². The number of amides is 2. The third-order valence-corrected chi connectivity index (χ3v) is 7.92. The minimum absolute atomic E-state index is 0.0482. The second-order valence-electron chi connectivity index (χ2n) is 6.83. The van der Waals surface area contributed by atoms with E-state index < -0.39 is 23.3 Å². The van der Waals surface area contributed by atoms with Gasteiger partial charge in [0.05, 0.1) is 18.3 Å². The van der Waals surface area contributed by atoms with E-state index in [4.69, 9.17) is 11.0 Å². The third kappa shape index (κ3) is 4.29. The van der Waals surface area contributed by atoms with Crippen LogP contribution in [0, 0.1) is 11.3 Å². The maximum Gasteiger partial charge on any atom is 0.352 e. The summed E-state index contributed by atoms with van der Waals surface area (Å²) >= 11 is 4.01. The zero-order chi connectivity index (χ0) is 22.8. The molecule has 10 nitrogen and oxygen atoms in total. The van der Waals surface area contributed by atoms with Crippen molar-refractivity contribution in [3.63, 3.8) is 0 Å². The third-order valence-electron chi connectivity index (χ3n) is 4.76. The van der Waals surface area contributed by atoms with Crippen molar-refractivity contribution in [3.8, 4) is 6.07 Å². The predicted molar refractivity (Wildman–Crippen MR) is 120 cm³/mol. The minimum Gasteiger partial charge on any atom is -0.477 e.